The number of nitro benzene ring substituents is 1. The lowest BCUT2D eigenvalue weighted by Crippen LogP contribution is -2.36. The summed E-state index contributed by atoms with van der Waals surface area (Å²) in [6.45, 7) is 6.56. The Morgan fingerprint density at radius 1 is 1.38 bits per heavy atom. The van der Waals surface area contributed by atoms with Gasteiger partial charge in [-0.3, -0.25) is 14.9 Å². The molecule has 0 aliphatic carbocycles. The first kappa shape index (κ1) is 20.4. The van der Waals surface area contributed by atoms with Crippen LogP contribution in [0.25, 0.3) is 0 Å². The molecule has 2 rings (SSSR count). The van der Waals surface area contributed by atoms with Gasteiger partial charge >= 0.3 is 0 Å². The number of nitro groups is 1. The summed E-state index contributed by atoms with van der Waals surface area (Å²) in [4.78, 5) is 24.7. The minimum Gasteiger partial charge on any atom is -0.336 e. The van der Waals surface area contributed by atoms with Crippen molar-refractivity contribution < 1.29 is 9.72 Å². The lowest BCUT2D eigenvalue weighted by molar-refractivity contribution is -0.384. The van der Waals surface area contributed by atoms with E-state index >= 15 is 0 Å². The van der Waals surface area contributed by atoms with Crippen LogP contribution in [0.3, 0.4) is 0 Å². The maximum atomic E-state index is 12.5. The molecule has 1 aromatic carbocycles. The maximum absolute atomic E-state index is 12.5. The van der Waals surface area contributed by atoms with Crippen molar-refractivity contribution in [1.82, 2.24) is 10.2 Å². The molecule has 1 heterocycles. The minimum atomic E-state index is -0.412. The highest BCUT2D eigenvalue weighted by molar-refractivity contribution is 5.85. The van der Waals surface area contributed by atoms with Gasteiger partial charge in [-0.05, 0) is 51.3 Å². The highest BCUT2D eigenvalue weighted by Gasteiger charge is 2.21. The molecule has 1 unspecified atom stereocenters. The van der Waals surface area contributed by atoms with Crippen molar-refractivity contribution in [2.75, 3.05) is 13.1 Å². The van der Waals surface area contributed by atoms with Gasteiger partial charge in [-0.2, -0.15) is 0 Å². The average Bonchev–Trinajstić information content (AvgIpc) is 3.03. The Morgan fingerprint density at radius 3 is 2.54 bits per heavy atom. The average molecular weight is 356 g/mol. The number of carbonyl (C=O) groups excluding carboxylic acids is 1. The van der Waals surface area contributed by atoms with Gasteiger partial charge in [0.05, 0.1) is 4.92 Å². The third-order valence-corrected chi connectivity index (χ3v) is 4.37. The van der Waals surface area contributed by atoms with E-state index in [1.165, 1.54) is 12.1 Å². The first-order valence-electron chi connectivity index (χ1n) is 8.21. The molecule has 1 saturated heterocycles. The number of carbonyl (C=O) groups is 1. The van der Waals surface area contributed by atoms with E-state index in [0.29, 0.717) is 18.9 Å². The monoisotopic (exact) mass is 355 g/mol. The number of nitrogens with one attached hydrogen (secondary N) is 1. The quantitative estimate of drug-likeness (QED) is 0.602. The Bertz CT molecular complexity index is 543. The second kappa shape index (κ2) is 9.59. The van der Waals surface area contributed by atoms with Gasteiger partial charge in [-0.25, -0.2) is 0 Å². The van der Waals surface area contributed by atoms with Crippen molar-refractivity contribution >= 4 is 24.0 Å². The molecule has 0 saturated carbocycles. The maximum Gasteiger partial charge on any atom is 0.269 e. The van der Waals surface area contributed by atoms with Crippen LogP contribution in [0.1, 0.15) is 38.7 Å². The van der Waals surface area contributed by atoms with Crippen molar-refractivity contribution in [3.8, 4) is 0 Å². The number of hydrogen-bond donors (Lipinski definition) is 1. The number of halogens is 1. The molecule has 134 valence electrons. The van der Waals surface area contributed by atoms with Gasteiger partial charge in [0.15, 0.2) is 0 Å². The van der Waals surface area contributed by atoms with Gasteiger partial charge in [-0.1, -0.05) is 12.1 Å². The van der Waals surface area contributed by atoms with Gasteiger partial charge in [0, 0.05) is 31.1 Å². The highest BCUT2D eigenvalue weighted by Crippen LogP contribution is 2.18. The molecule has 0 aromatic heterocycles. The first-order chi connectivity index (χ1) is 11.0. The molecule has 24 heavy (non-hydrogen) atoms. The van der Waals surface area contributed by atoms with E-state index < -0.39 is 4.92 Å². The van der Waals surface area contributed by atoms with E-state index in [-0.39, 0.29) is 30.0 Å². The van der Waals surface area contributed by atoms with Gasteiger partial charge in [0.25, 0.3) is 5.69 Å². The Labute approximate surface area is 149 Å². The van der Waals surface area contributed by atoms with Crippen molar-refractivity contribution in [3.05, 3.63) is 39.9 Å². The number of nitrogens with zero attached hydrogens (tertiary/aromatic N) is 2. The molecule has 0 radical (unpaired) electrons. The van der Waals surface area contributed by atoms with E-state index in [1.807, 2.05) is 18.7 Å². The van der Waals surface area contributed by atoms with Gasteiger partial charge in [0.1, 0.15) is 0 Å². The Kier molecular flexibility index (Phi) is 8.15. The summed E-state index contributed by atoms with van der Waals surface area (Å²) in [5.74, 6) is 0.762. The van der Waals surface area contributed by atoms with Gasteiger partial charge in [-0.15, -0.1) is 12.4 Å². The van der Waals surface area contributed by atoms with Crippen LogP contribution in [-0.4, -0.2) is 34.9 Å². The SMILES string of the molecule is CC(C)N(Cc1ccc([N+](=O)[O-])cc1)C(=O)CCC1CCNC1.Cl. The van der Waals surface area contributed by atoms with E-state index in [9.17, 15) is 14.9 Å². The van der Waals surface area contributed by atoms with E-state index in [0.717, 1.165) is 31.5 Å². The fourth-order valence-electron chi connectivity index (χ4n) is 2.91. The summed E-state index contributed by atoms with van der Waals surface area (Å²) < 4.78 is 0. The Hall–Kier alpha value is -1.66. The number of rotatable bonds is 7. The lowest BCUT2D eigenvalue weighted by Gasteiger charge is -2.27. The largest absolute Gasteiger partial charge is 0.336 e. The van der Waals surface area contributed by atoms with E-state index in [2.05, 4.69) is 5.32 Å². The topological polar surface area (TPSA) is 75.5 Å². The van der Waals surface area contributed by atoms with Crippen LogP contribution in [0.4, 0.5) is 5.69 Å². The van der Waals surface area contributed by atoms with Crippen LogP contribution in [0.5, 0.6) is 0 Å². The standard InChI is InChI=1S/C17H25N3O3.ClH/c1-13(2)19(17(21)8-5-14-9-10-18-11-14)12-15-3-6-16(7-4-15)20(22)23;/h3-4,6-7,13-14,18H,5,8-12H2,1-2H3;1H. The van der Waals surface area contributed by atoms with Gasteiger partial charge in [0.2, 0.25) is 5.91 Å². The molecule has 1 fully saturated rings. The fraction of sp³-hybridized carbons (Fsp3) is 0.588. The van der Waals surface area contributed by atoms with Crippen LogP contribution >= 0.6 is 12.4 Å². The summed E-state index contributed by atoms with van der Waals surface area (Å²) in [6, 6.07) is 6.54. The highest BCUT2D eigenvalue weighted by atomic mass is 35.5. The smallest absolute Gasteiger partial charge is 0.269 e. The fourth-order valence-corrected chi connectivity index (χ4v) is 2.91. The molecule has 1 N–H and O–H groups in total. The molecule has 1 atom stereocenters. The molecular weight excluding hydrogens is 330 g/mol. The Morgan fingerprint density at radius 2 is 2.04 bits per heavy atom. The van der Waals surface area contributed by atoms with Crippen molar-refractivity contribution in [3.63, 3.8) is 0 Å². The van der Waals surface area contributed by atoms with Gasteiger partial charge < -0.3 is 10.2 Å². The first-order valence-corrected chi connectivity index (χ1v) is 8.21. The van der Waals surface area contributed by atoms with Crippen LogP contribution in [0, 0.1) is 16.0 Å². The molecule has 0 spiro atoms. The summed E-state index contributed by atoms with van der Waals surface area (Å²) in [5.41, 5.74) is 0.991. The third-order valence-electron chi connectivity index (χ3n) is 4.37. The molecule has 1 aromatic rings. The number of non-ortho nitro benzene ring substituents is 1. The zero-order valence-electron chi connectivity index (χ0n) is 14.2. The lowest BCUT2D eigenvalue weighted by atomic mass is 10.0. The number of benzene rings is 1. The van der Waals surface area contributed by atoms with Crippen LogP contribution in [-0.2, 0) is 11.3 Å². The summed E-state index contributed by atoms with van der Waals surface area (Å²) >= 11 is 0. The molecular formula is C17H26ClN3O3. The van der Waals surface area contributed by atoms with Crippen LogP contribution < -0.4 is 5.32 Å². The second-order valence-electron chi connectivity index (χ2n) is 6.44. The molecule has 6 nitrogen and oxygen atoms in total. The van der Waals surface area contributed by atoms with Crippen molar-refractivity contribution in [2.45, 2.75) is 45.7 Å². The summed E-state index contributed by atoms with van der Waals surface area (Å²) in [6.07, 6.45) is 2.64. The normalized spacial score (nSPS) is 16.7. The minimum absolute atomic E-state index is 0. The number of amides is 1. The second-order valence-corrected chi connectivity index (χ2v) is 6.44. The summed E-state index contributed by atoms with van der Waals surface area (Å²) in [7, 11) is 0. The zero-order valence-corrected chi connectivity index (χ0v) is 15.1. The predicted molar refractivity (Wildman–Crippen MR) is 96.2 cm³/mol. The summed E-state index contributed by atoms with van der Waals surface area (Å²) in [5, 5.41) is 14.0. The molecule has 1 aliphatic rings. The predicted octanol–water partition coefficient (Wildman–Crippen LogP) is 3.14. The van der Waals surface area contributed by atoms with E-state index in [1.54, 1.807) is 12.1 Å². The number of hydrogen-bond acceptors (Lipinski definition) is 4. The van der Waals surface area contributed by atoms with Crippen molar-refractivity contribution in [2.24, 2.45) is 5.92 Å². The van der Waals surface area contributed by atoms with Crippen LogP contribution in [0.15, 0.2) is 24.3 Å². The molecule has 1 amide bonds. The molecule has 0 bridgehead atoms. The third kappa shape index (κ3) is 5.76. The zero-order chi connectivity index (χ0) is 16.8. The molecule has 7 heteroatoms. The Balaban J connectivity index is 0.00000288. The van der Waals surface area contributed by atoms with Crippen molar-refractivity contribution in [1.29, 1.82) is 0 Å². The van der Waals surface area contributed by atoms with E-state index in [4.69, 9.17) is 0 Å². The van der Waals surface area contributed by atoms with Crippen LogP contribution in [0.2, 0.25) is 0 Å². The molecule has 1 aliphatic heterocycles.